The first-order chi connectivity index (χ1) is 6.20. The van der Waals surface area contributed by atoms with Crippen LogP contribution in [-0.2, 0) is 0 Å². The zero-order valence-electron chi connectivity index (χ0n) is 7.73. The number of hydrogen-bond donors (Lipinski definition) is 1. The third kappa shape index (κ3) is 6.68. The fourth-order valence-corrected chi connectivity index (χ4v) is 0.650. The molecule has 0 aliphatic rings. The van der Waals surface area contributed by atoms with Crippen LogP contribution >= 0.6 is 0 Å². The normalized spacial score (nSPS) is 13.5. The van der Waals surface area contributed by atoms with Gasteiger partial charge in [0.2, 0.25) is 6.20 Å². The van der Waals surface area contributed by atoms with Crippen LogP contribution in [0.5, 0.6) is 0 Å². The van der Waals surface area contributed by atoms with Crippen LogP contribution in [0.3, 0.4) is 0 Å². The molecule has 0 spiro atoms. The van der Waals surface area contributed by atoms with Crippen molar-refractivity contribution in [3.05, 3.63) is 46.2 Å². The molecule has 0 saturated heterocycles. The van der Waals surface area contributed by atoms with Crippen molar-refractivity contribution in [3.8, 4) is 0 Å². The van der Waals surface area contributed by atoms with Gasteiger partial charge in [-0.1, -0.05) is 6.08 Å². The summed E-state index contributed by atoms with van der Waals surface area (Å²) in [5.41, 5.74) is 0.795. The minimum atomic E-state index is -0.487. The third-order valence-corrected chi connectivity index (χ3v) is 1.27. The maximum Gasteiger partial charge on any atom is 0.235 e. The summed E-state index contributed by atoms with van der Waals surface area (Å²) in [6.45, 7) is 1.82. The van der Waals surface area contributed by atoms with Crippen molar-refractivity contribution in [3.63, 3.8) is 0 Å². The minimum absolute atomic E-state index is 0.487. The Morgan fingerprint density at radius 1 is 1.46 bits per heavy atom. The van der Waals surface area contributed by atoms with E-state index in [4.69, 9.17) is 0 Å². The number of allylic oxidation sites excluding steroid dienone is 5. The number of nitrogens with one attached hydrogen (secondary N) is 1. The van der Waals surface area contributed by atoms with Crippen LogP contribution in [0.25, 0.3) is 0 Å². The van der Waals surface area contributed by atoms with Crippen molar-refractivity contribution >= 4 is 6.21 Å². The Kier molecular flexibility index (Phi) is 6.05. The molecule has 0 aromatic carbocycles. The molecule has 13 heavy (non-hydrogen) atoms. The molecule has 0 aliphatic heterocycles. The van der Waals surface area contributed by atoms with Gasteiger partial charge in [0.05, 0.1) is 4.92 Å². The van der Waals surface area contributed by atoms with E-state index in [1.807, 2.05) is 6.92 Å². The highest BCUT2D eigenvalue weighted by molar-refractivity contribution is 5.66. The Bertz CT molecular complexity index is 275. The first kappa shape index (κ1) is 11.3. The Labute approximate surface area is 77.1 Å². The molecule has 0 rings (SSSR count). The molecule has 0 aromatic rings. The van der Waals surface area contributed by atoms with E-state index in [0.717, 1.165) is 11.8 Å². The van der Waals surface area contributed by atoms with Gasteiger partial charge in [-0.3, -0.25) is 15.1 Å². The molecule has 0 amide bonds. The van der Waals surface area contributed by atoms with Gasteiger partial charge < -0.3 is 0 Å². The van der Waals surface area contributed by atoms with E-state index in [0.29, 0.717) is 0 Å². The topological polar surface area (TPSA) is 57.1 Å². The number of hydrogen-bond acceptors (Lipinski definition) is 2. The molecule has 0 saturated carbocycles. The van der Waals surface area contributed by atoms with Crippen LogP contribution in [0.4, 0.5) is 0 Å². The van der Waals surface area contributed by atoms with Gasteiger partial charge in [0, 0.05) is 12.2 Å². The van der Waals surface area contributed by atoms with Crippen LogP contribution in [0.1, 0.15) is 6.92 Å². The second-order valence-corrected chi connectivity index (χ2v) is 2.20. The van der Waals surface area contributed by atoms with E-state index >= 15 is 0 Å². The maximum atomic E-state index is 10.00. The third-order valence-electron chi connectivity index (χ3n) is 1.27. The zero-order valence-corrected chi connectivity index (χ0v) is 7.73. The summed E-state index contributed by atoms with van der Waals surface area (Å²) in [6.07, 6.45) is 9.44. The molecule has 0 fully saturated rings. The molecule has 0 bridgehead atoms. The second kappa shape index (κ2) is 6.97. The largest absolute Gasteiger partial charge is 0.259 e. The van der Waals surface area contributed by atoms with Gasteiger partial charge in [-0.25, -0.2) is 0 Å². The molecule has 0 aromatic heterocycles. The van der Waals surface area contributed by atoms with Gasteiger partial charge in [-0.15, -0.1) is 0 Å². The molecule has 0 radical (unpaired) electrons. The second-order valence-electron chi connectivity index (χ2n) is 2.20. The summed E-state index contributed by atoms with van der Waals surface area (Å²) in [5, 5.41) is 10.00. The van der Waals surface area contributed by atoms with Crippen molar-refractivity contribution in [2.75, 3.05) is 7.05 Å². The van der Waals surface area contributed by atoms with Gasteiger partial charge in [-0.05, 0) is 18.6 Å². The van der Waals surface area contributed by atoms with Gasteiger partial charge >= 0.3 is 0 Å². The molecule has 0 heterocycles. The summed E-state index contributed by atoms with van der Waals surface area (Å²) in [5.74, 6) is 0. The fraction of sp³-hybridized carbons (Fsp3) is 0.222. The highest BCUT2D eigenvalue weighted by Crippen LogP contribution is 1.97. The number of nitro groups is 1. The van der Waals surface area contributed by atoms with Gasteiger partial charge in [0.25, 0.3) is 0 Å². The lowest BCUT2D eigenvalue weighted by molar-refractivity contribution is -0.413. The molecular formula is C9H13N2O2+. The van der Waals surface area contributed by atoms with E-state index in [-0.39, 0.29) is 0 Å². The zero-order chi connectivity index (χ0) is 10.1. The predicted molar refractivity (Wildman–Crippen MR) is 52.0 cm³/mol. The van der Waals surface area contributed by atoms with Crippen LogP contribution in [0.2, 0.25) is 0 Å². The molecule has 4 nitrogen and oxygen atoms in total. The van der Waals surface area contributed by atoms with Gasteiger partial charge in [0.15, 0.2) is 6.21 Å². The quantitative estimate of drug-likeness (QED) is 0.288. The maximum absolute atomic E-state index is 10.00. The molecule has 0 aliphatic carbocycles. The van der Waals surface area contributed by atoms with Crippen molar-refractivity contribution in [1.82, 2.24) is 0 Å². The minimum Gasteiger partial charge on any atom is -0.259 e. The van der Waals surface area contributed by atoms with Gasteiger partial charge in [-0.2, -0.15) is 0 Å². The highest BCUT2D eigenvalue weighted by atomic mass is 16.6. The summed E-state index contributed by atoms with van der Waals surface area (Å²) >= 11 is 0. The first-order valence-electron chi connectivity index (χ1n) is 3.86. The standard InChI is InChI=1S/C9H12N2O2/c1-3-9(5-4-7-10-2)6-8-11(12)13/h3-8H,1-2H3/p+1/b5-4-,8-6+,9-3+,10-7?. The lowest BCUT2D eigenvalue weighted by Crippen LogP contribution is -2.62. The molecule has 4 heteroatoms. The lowest BCUT2D eigenvalue weighted by Gasteiger charge is -1.86. The van der Waals surface area contributed by atoms with Crippen LogP contribution in [-0.4, -0.2) is 18.2 Å². The SMILES string of the molecule is C/C=C(\C=C/C=[NH+]C)/C=C/[N+](=O)[O-]. The summed E-state index contributed by atoms with van der Waals surface area (Å²) in [4.78, 5) is 12.3. The fourth-order valence-electron chi connectivity index (χ4n) is 0.650. The first-order valence-corrected chi connectivity index (χ1v) is 3.86. The smallest absolute Gasteiger partial charge is 0.235 e. The average Bonchev–Trinajstić information content (AvgIpc) is 2.10. The van der Waals surface area contributed by atoms with Crippen LogP contribution in [0.15, 0.2) is 36.1 Å². The van der Waals surface area contributed by atoms with Crippen molar-refractivity contribution in [1.29, 1.82) is 0 Å². The van der Waals surface area contributed by atoms with E-state index in [1.54, 1.807) is 31.5 Å². The van der Waals surface area contributed by atoms with Crippen LogP contribution < -0.4 is 4.99 Å². The summed E-state index contributed by atoms with van der Waals surface area (Å²) < 4.78 is 0. The molecular weight excluding hydrogens is 168 g/mol. The monoisotopic (exact) mass is 181 g/mol. The Morgan fingerprint density at radius 2 is 2.15 bits per heavy atom. The molecule has 0 atom stereocenters. The average molecular weight is 181 g/mol. The Morgan fingerprint density at radius 3 is 2.62 bits per heavy atom. The predicted octanol–water partition coefficient (Wildman–Crippen LogP) is 0.0605. The van der Waals surface area contributed by atoms with E-state index in [2.05, 4.69) is 4.99 Å². The van der Waals surface area contributed by atoms with Crippen LogP contribution in [0, 0.1) is 10.1 Å². The molecule has 1 N–H and O–H groups in total. The van der Waals surface area contributed by atoms with Crippen molar-refractivity contribution in [2.24, 2.45) is 0 Å². The van der Waals surface area contributed by atoms with E-state index in [1.165, 1.54) is 6.08 Å². The van der Waals surface area contributed by atoms with Crippen molar-refractivity contribution < 1.29 is 9.92 Å². The number of rotatable bonds is 4. The Hall–Kier alpha value is -1.71. The summed E-state index contributed by atoms with van der Waals surface area (Å²) in [6, 6.07) is 0. The Balaban J connectivity index is 4.30. The number of nitrogens with zero attached hydrogens (tertiary/aromatic N) is 1. The highest BCUT2D eigenvalue weighted by Gasteiger charge is 1.87. The lowest BCUT2D eigenvalue weighted by atomic mass is 10.2. The van der Waals surface area contributed by atoms with E-state index in [9.17, 15) is 10.1 Å². The van der Waals surface area contributed by atoms with E-state index < -0.39 is 4.92 Å². The summed E-state index contributed by atoms with van der Waals surface area (Å²) in [7, 11) is 1.78. The van der Waals surface area contributed by atoms with Gasteiger partial charge in [0.1, 0.15) is 7.05 Å². The molecule has 0 unspecified atom stereocenters. The van der Waals surface area contributed by atoms with Crippen molar-refractivity contribution in [2.45, 2.75) is 6.92 Å². The molecule has 70 valence electrons.